The highest BCUT2D eigenvalue weighted by molar-refractivity contribution is 5.55. The lowest BCUT2D eigenvalue weighted by Gasteiger charge is -2.32. The van der Waals surface area contributed by atoms with Crippen molar-refractivity contribution in [1.29, 1.82) is 0 Å². The van der Waals surface area contributed by atoms with Crippen molar-refractivity contribution < 1.29 is 4.92 Å². The Labute approximate surface area is 124 Å². The van der Waals surface area contributed by atoms with Gasteiger partial charge in [-0.25, -0.2) is 10.8 Å². The molecule has 1 aromatic heterocycles. The van der Waals surface area contributed by atoms with Crippen LogP contribution in [0.2, 0.25) is 0 Å². The molecule has 0 aliphatic carbocycles. The third-order valence-corrected chi connectivity index (χ3v) is 3.92. The van der Waals surface area contributed by atoms with Gasteiger partial charge >= 0.3 is 0 Å². The van der Waals surface area contributed by atoms with E-state index in [9.17, 15) is 10.1 Å². The summed E-state index contributed by atoms with van der Waals surface area (Å²) in [6.07, 6.45) is 2.27. The maximum Gasteiger partial charge on any atom is 0.276 e. The van der Waals surface area contributed by atoms with E-state index in [4.69, 9.17) is 5.84 Å². The molecular weight excluding hydrogens is 272 g/mol. The van der Waals surface area contributed by atoms with Crippen LogP contribution in [0, 0.1) is 16.0 Å². The Morgan fingerprint density at radius 1 is 1.52 bits per heavy atom. The maximum absolute atomic E-state index is 11.0. The zero-order valence-electron chi connectivity index (χ0n) is 12.5. The molecule has 8 heteroatoms. The van der Waals surface area contributed by atoms with E-state index in [1.54, 1.807) is 0 Å². The lowest BCUT2D eigenvalue weighted by atomic mass is 9.97. The number of nitrogens with zero attached hydrogens (tertiary/aromatic N) is 4. The van der Waals surface area contributed by atoms with E-state index in [-0.39, 0.29) is 5.69 Å². The Morgan fingerprint density at radius 2 is 2.19 bits per heavy atom. The maximum atomic E-state index is 11.0. The summed E-state index contributed by atoms with van der Waals surface area (Å²) in [7, 11) is 4.03. The van der Waals surface area contributed by atoms with Gasteiger partial charge in [-0.15, -0.1) is 0 Å². The number of hydrogen-bond donors (Lipinski definition) is 2. The quantitative estimate of drug-likeness (QED) is 0.475. The Bertz CT molecular complexity index is 501. The smallest absolute Gasteiger partial charge is 0.276 e. The summed E-state index contributed by atoms with van der Waals surface area (Å²) in [5.74, 6) is 6.78. The highest BCUT2D eigenvalue weighted by Gasteiger charge is 2.20. The van der Waals surface area contributed by atoms with Gasteiger partial charge in [0.15, 0.2) is 0 Å². The fourth-order valence-corrected chi connectivity index (χ4v) is 2.60. The molecule has 1 aliphatic rings. The first-order valence-corrected chi connectivity index (χ1v) is 7.02. The molecule has 0 saturated carbocycles. The number of nitro groups is 1. The molecule has 21 heavy (non-hydrogen) atoms. The number of nitrogens with two attached hydrogens (primary N) is 1. The second-order valence-electron chi connectivity index (χ2n) is 5.60. The molecule has 0 aromatic carbocycles. The summed E-state index contributed by atoms with van der Waals surface area (Å²) in [6.45, 7) is 3.03. The van der Waals surface area contributed by atoms with Gasteiger partial charge in [0.25, 0.3) is 5.69 Å². The number of hydrazine groups is 1. The van der Waals surface area contributed by atoms with Crippen LogP contribution >= 0.6 is 0 Å². The van der Waals surface area contributed by atoms with Crippen molar-refractivity contribution in [2.45, 2.75) is 12.8 Å². The van der Waals surface area contributed by atoms with Gasteiger partial charge in [-0.3, -0.25) is 10.1 Å². The van der Waals surface area contributed by atoms with Gasteiger partial charge in [-0.05, 0) is 38.9 Å². The Morgan fingerprint density at radius 3 is 2.76 bits per heavy atom. The van der Waals surface area contributed by atoms with Crippen molar-refractivity contribution in [2.24, 2.45) is 11.8 Å². The van der Waals surface area contributed by atoms with Gasteiger partial charge in [-0.1, -0.05) is 0 Å². The lowest BCUT2D eigenvalue weighted by Crippen LogP contribution is -2.36. The first-order chi connectivity index (χ1) is 9.99. The number of anilines is 2. The molecule has 8 nitrogen and oxygen atoms in total. The normalized spacial score (nSPS) is 16.7. The molecule has 0 radical (unpaired) electrons. The van der Waals surface area contributed by atoms with Crippen LogP contribution in [-0.2, 0) is 0 Å². The summed E-state index contributed by atoms with van der Waals surface area (Å²) >= 11 is 0. The van der Waals surface area contributed by atoms with Crippen LogP contribution in [0.4, 0.5) is 17.3 Å². The van der Waals surface area contributed by atoms with E-state index in [0.717, 1.165) is 32.5 Å². The van der Waals surface area contributed by atoms with E-state index < -0.39 is 4.92 Å². The van der Waals surface area contributed by atoms with Crippen LogP contribution in [0.1, 0.15) is 12.8 Å². The SMILES string of the molecule is CN1CCC(CN(C)c2cc([N+](=O)[O-])cc(NN)n2)CC1. The molecule has 0 atom stereocenters. The fourth-order valence-electron chi connectivity index (χ4n) is 2.60. The van der Waals surface area contributed by atoms with Gasteiger partial charge in [0.1, 0.15) is 11.6 Å². The Kier molecular flexibility index (Phi) is 4.92. The van der Waals surface area contributed by atoms with Crippen LogP contribution in [0.15, 0.2) is 12.1 Å². The molecule has 1 saturated heterocycles. The largest absolute Gasteiger partial charge is 0.359 e. The van der Waals surface area contributed by atoms with Gasteiger partial charge in [-0.2, -0.15) is 0 Å². The minimum absolute atomic E-state index is 0.0109. The molecular formula is C13H22N6O2. The van der Waals surface area contributed by atoms with E-state index in [1.165, 1.54) is 12.1 Å². The fraction of sp³-hybridized carbons (Fsp3) is 0.615. The van der Waals surface area contributed by atoms with E-state index in [0.29, 0.717) is 17.6 Å². The number of rotatable bonds is 5. The first kappa shape index (κ1) is 15.5. The van der Waals surface area contributed by atoms with Crippen LogP contribution in [-0.4, -0.2) is 48.5 Å². The highest BCUT2D eigenvalue weighted by atomic mass is 16.6. The molecule has 0 unspecified atom stereocenters. The predicted molar refractivity (Wildman–Crippen MR) is 82.2 cm³/mol. The van der Waals surface area contributed by atoms with Crippen molar-refractivity contribution in [2.75, 3.05) is 44.1 Å². The minimum atomic E-state index is -0.435. The molecule has 1 fully saturated rings. The van der Waals surface area contributed by atoms with E-state index in [1.807, 2.05) is 11.9 Å². The molecule has 2 rings (SSSR count). The number of pyridine rings is 1. The average Bonchev–Trinajstić information content (AvgIpc) is 2.49. The predicted octanol–water partition coefficient (Wildman–Crippen LogP) is 1.05. The molecule has 1 aromatic rings. The molecule has 0 bridgehead atoms. The van der Waals surface area contributed by atoms with E-state index >= 15 is 0 Å². The third-order valence-electron chi connectivity index (χ3n) is 3.92. The number of hydrogen-bond acceptors (Lipinski definition) is 7. The zero-order chi connectivity index (χ0) is 15.4. The number of nitrogens with one attached hydrogen (secondary N) is 1. The summed E-state index contributed by atoms with van der Waals surface area (Å²) in [6, 6.07) is 2.81. The Balaban J connectivity index is 2.09. The summed E-state index contributed by atoms with van der Waals surface area (Å²) in [4.78, 5) is 19.1. The second-order valence-corrected chi connectivity index (χ2v) is 5.60. The van der Waals surface area contributed by atoms with Crippen LogP contribution < -0.4 is 16.2 Å². The average molecular weight is 294 g/mol. The van der Waals surface area contributed by atoms with Crippen LogP contribution in [0.3, 0.4) is 0 Å². The van der Waals surface area contributed by atoms with Crippen molar-refractivity contribution in [3.63, 3.8) is 0 Å². The molecule has 2 heterocycles. The van der Waals surface area contributed by atoms with Crippen molar-refractivity contribution in [1.82, 2.24) is 9.88 Å². The summed E-state index contributed by atoms with van der Waals surface area (Å²) in [5, 5.41) is 11.0. The molecule has 3 N–H and O–H groups in total. The Hall–Kier alpha value is -1.93. The number of aromatic nitrogens is 1. The second kappa shape index (κ2) is 6.68. The topological polar surface area (TPSA) is 101 Å². The highest BCUT2D eigenvalue weighted by Crippen LogP contribution is 2.24. The standard InChI is InChI=1S/C13H22N6O2/c1-17-5-3-10(4-6-17)9-18(2)13-8-11(19(20)21)7-12(15-13)16-14/h7-8,10H,3-6,9,14H2,1-2H3,(H,15,16). The number of likely N-dealkylation sites (tertiary alicyclic amines) is 1. The van der Waals surface area contributed by atoms with Gasteiger partial charge in [0.2, 0.25) is 0 Å². The number of nitrogen functional groups attached to an aromatic ring is 1. The van der Waals surface area contributed by atoms with E-state index in [2.05, 4.69) is 22.4 Å². The molecule has 1 aliphatic heterocycles. The summed E-state index contributed by atoms with van der Waals surface area (Å²) in [5.41, 5.74) is 2.37. The van der Waals surface area contributed by atoms with Crippen LogP contribution in [0.5, 0.6) is 0 Å². The van der Waals surface area contributed by atoms with Gasteiger partial charge < -0.3 is 15.2 Å². The number of piperidine rings is 1. The van der Waals surface area contributed by atoms with Crippen LogP contribution in [0.25, 0.3) is 0 Å². The monoisotopic (exact) mass is 294 g/mol. The minimum Gasteiger partial charge on any atom is -0.359 e. The van der Waals surface area contributed by atoms with Crippen molar-refractivity contribution in [3.8, 4) is 0 Å². The first-order valence-electron chi connectivity index (χ1n) is 7.02. The zero-order valence-corrected chi connectivity index (χ0v) is 12.5. The van der Waals surface area contributed by atoms with Gasteiger partial charge in [0.05, 0.1) is 17.1 Å². The van der Waals surface area contributed by atoms with Crippen molar-refractivity contribution >= 4 is 17.3 Å². The molecule has 0 spiro atoms. The lowest BCUT2D eigenvalue weighted by molar-refractivity contribution is -0.384. The molecule has 116 valence electrons. The van der Waals surface area contributed by atoms with Crippen molar-refractivity contribution in [3.05, 3.63) is 22.2 Å². The van der Waals surface area contributed by atoms with Gasteiger partial charge in [0, 0.05) is 13.6 Å². The molecule has 0 amide bonds. The third kappa shape index (κ3) is 4.02. The summed E-state index contributed by atoms with van der Waals surface area (Å²) < 4.78 is 0.